The number of unbranched alkanes of at least 4 members (excludes halogenated alkanes) is 3. The quantitative estimate of drug-likeness (QED) is 0.525. The highest BCUT2D eigenvalue weighted by Gasteiger charge is 1.95. The number of nitrogens with zero attached hydrogens (tertiary/aromatic N) is 1. The molecule has 0 atom stereocenters. The molecule has 1 N–H and O–H groups in total. The van der Waals surface area contributed by atoms with E-state index in [1.54, 1.807) is 0 Å². The van der Waals surface area contributed by atoms with Crippen molar-refractivity contribution in [1.29, 1.82) is 0 Å². The summed E-state index contributed by atoms with van der Waals surface area (Å²) in [5, 5.41) is 4.04. The largest absolute Gasteiger partial charge is 0.363 e. The molecular weight excluding hydrogens is 168 g/mol. The lowest BCUT2D eigenvalue weighted by Crippen LogP contribution is -2.34. The van der Waals surface area contributed by atoms with Crippen LogP contribution in [0.2, 0.25) is 0 Å². The third-order valence-electron chi connectivity index (χ3n) is 1.71. The van der Waals surface area contributed by atoms with Crippen LogP contribution in [0.25, 0.3) is 0 Å². The van der Waals surface area contributed by atoms with Crippen molar-refractivity contribution < 1.29 is 0 Å². The molecule has 0 aromatic heterocycles. The van der Waals surface area contributed by atoms with Crippen LogP contribution in [0.5, 0.6) is 0 Å². The summed E-state index contributed by atoms with van der Waals surface area (Å²) >= 11 is 5.07. The first-order chi connectivity index (χ1) is 5.68. The molecule has 0 aliphatic heterocycles. The van der Waals surface area contributed by atoms with Crippen molar-refractivity contribution in [2.24, 2.45) is 0 Å². The minimum atomic E-state index is 0.839. The predicted octanol–water partition coefficient (Wildman–Crippen LogP) is 2.00. The molecule has 0 aliphatic rings. The predicted molar refractivity (Wildman–Crippen MR) is 58.4 cm³/mol. The van der Waals surface area contributed by atoms with Gasteiger partial charge in [0.2, 0.25) is 0 Å². The van der Waals surface area contributed by atoms with Crippen molar-refractivity contribution in [1.82, 2.24) is 10.2 Å². The molecule has 0 aromatic carbocycles. The van der Waals surface area contributed by atoms with E-state index in [0.29, 0.717) is 0 Å². The van der Waals surface area contributed by atoms with Crippen molar-refractivity contribution in [3.05, 3.63) is 0 Å². The van der Waals surface area contributed by atoms with Crippen molar-refractivity contribution in [2.45, 2.75) is 32.6 Å². The smallest absolute Gasteiger partial charge is 0.168 e. The first-order valence-electron chi connectivity index (χ1n) is 4.63. The van der Waals surface area contributed by atoms with Crippen LogP contribution in [0.3, 0.4) is 0 Å². The summed E-state index contributed by atoms with van der Waals surface area (Å²) < 4.78 is 0. The minimum Gasteiger partial charge on any atom is -0.363 e. The second kappa shape index (κ2) is 7.35. The number of nitrogens with one attached hydrogen (secondary N) is 1. The van der Waals surface area contributed by atoms with Crippen LogP contribution < -0.4 is 5.32 Å². The van der Waals surface area contributed by atoms with E-state index in [-0.39, 0.29) is 0 Å². The molecule has 0 fully saturated rings. The molecule has 0 saturated carbocycles. The Hall–Kier alpha value is -0.310. The molecule has 0 rings (SSSR count). The lowest BCUT2D eigenvalue weighted by molar-refractivity contribution is 0.584. The number of rotatable bonds is 5. The van der Waals surface area contributed by atoms with Crippen LogP contribution in [0, 0.1) is 0 Å². The standard InChI is InChI=1S/C9H20N2S/c1-4-5-6-7-8-10-9(12)11(2)3/h4-8H2,1-3H3,(H,10,12). The second-order valence-electron chi connectivity index (χ2n) is 3.19. The average Bonchev–Trinajstić information content (AvgIpc) is 2.03. The number of hydrogen-bond donors (Lipinski definition) is 1. The van der Waals surface area contributed by atoms with Crippen molar-refractivity contribution in [2.75, 3.05) is 20.6 Å². The van der Waals surface area contributed by atoms with E-state index < -0.39 is 0 Å². The molecule has 0 aromatic rings. The summed E-state index contributed by atoms with van der Waals surface area (Å²) in [7, 11) is 3.92. The maximum atomic E-state index is 5.07. The monoisotopic (exact) mass is 188 g/mol. The highest BCUT2D eigenvalue weighted by molar-refractivity contribution is 7.80. The Morgan fingerprint density at radius 2 is 1.92 bits per heavy atom. The van der Waals surface area contributed by atoms with Gasteiger partial charge in [0.15, 0.2) is 5.11 Å². The molecule has 0 unspecified atom stereocenters. The lowest BCUT2D eigenvalue weighted by Gasteiger charge is -2.14. The van der Waals surface area contributed by atoms with Gasteiger partial charge in [-0.3, -0.25) is 0 Å². The first-order valence-corrected chi connectivity index (χ1v) is 5.04. The lowest BCUT2D eigenvalue weighted by atomic mass is 10.2. The zero-order valence-electron chi connectivity index (χ0n) is 8.39. The van der Waals surface area contributed by atoms with Crippen molar-refractivity contribution in [3.8, 4) is 0 Å². The van der Waals surface area contributed by atoms with Crippen LogP contribution in [0.4, 0.5) is 0 Å². The molecule has 0 saturated heterocycles. The Morgan fingerprint density at radius 3 is 2.42 bits per heavy atom. The van der Waals surface area contributed by atoms with Gasteiger partial charge in [-0.2, -0.15) is 0 Å². The summed E-state index contributed by atoms with van der Waals surface area (Å²) in [5.74, 6) is 0. The van der Waals surface area contributed by atoms with Gasteiger partial charge in [-0.25, -0.2) is 0 Å². The molecule has 0 spiro atoms. The molecular formula is C9H20N2S. The summed E-state index contributed by atoms with van der Waals surface area (Å²) in [6, 6.07) is 0. The molecule has 2 nitrogen and oxygen atoms in total. The van der Waals surface area contributed by atoms with E-state index in [1.165, 1.54) is 25.7 Å². The Bertz CT molecular complexity index is 124. The Morgan fingerprint density at radius 1 is 1.25 bits per heavy atom. The van der Waals surface area contributed by atoms with Gasteiger partial charge in [-0.1, -0.05) is 26.2 Å². The maximum Gasteiger partial charge on any atom is 0.168 e. The normalized spacial score (nSPS) is 9.58. The fraction of sp³-hybridized carbons (Fsp3) is 0.889. The fourth-order valence-electron chi connectivity index (χ4n) is 0.905. The van der Waals surface area contributed by atoms with Crippen LogP contribution in [-0.4, -0.2) is 30.7 Å². The van der Waals surface area contributed by atoms with Crippen molar-refractivity contribution >= 4 is 17.3 Å². The fourth-order valence-corrected chi connectivity index (χ4v) is 1.01. The Labute approximate surface area is 81.3 Å². The van der Waals surface area contributed by atoms with Gasteiger partial charge in [0.05, 0.1) is 0 Å². The molecule has 72 valence electrons. The van der Waals surface area contributed by atoms with Gasteiger partial charge in [0, 0.05) is 20.6 Å². The van der Waals surface area contributed by atoms with Crippen LogP contribution in [0.1, 0.15) is 32.6 Å². The molecule has 12 heavy (non-hydrogen) atoms. The summed E-state index contributed by atoms with van der Waals surface area (Å²) in [4.78, 5) is 1.93. The third kappa shape index (κ3) is 6.40. The topological polar surface area (TPSA) is 15.3 Å². The van der Waals surface area contributed by atoms with E-state index >= 15 is 0 Å². The van der Waals surface area contributed by atoms with Gasteiger partial charge in [0.1, 0.15) is 0 Å². The molecule has 0 aliphatic carbocycles. The maximum absolute atomic E-state index is 5.07. The average molecular weight is 188 g/mol. The van der Waals surface area contributed by atoms with Crippen LogP contribution >= 0.6 is 12.2 Å². The SMILES string of the molecule is CCCCCCNC(=S)N(C)C. The summed E-state index contributed by atoms with van der Waals surface area (Å²) in [5.41, 5.74) is 0. The molecule has 0 amide bonds. The molecule has 0 heterocycles. The first kappa shape index (κ1) is 11.7. The Kier molecular flexibility index (Phi) is 7.16. The number of thiocarbonyl (C=S) groups is 1. The highest BCUT2D eigenvalue weighted by Crippen LogP contribution is 1.96. The zero-order valence-corrected chi connectivity index (χ0v) is 9.21. The molecule has 0 radical (unpaired) electrons. The van der Waals surface area contributed by atoms with Gasteiger partial charge in [0.25, 0.3) is 0 Å². The molecule has 0 bridgehead atoms. The van der Waals surface area contributed by atoms with Gasteiger partial charge < -0.3 is 10.2 Å². The zero-order chi connectivity index (χ0) is 9.40. The minimum absolute atomic E-state index is 0.839. The van der Waals surface area contributed by atoms with Crippen LogP contribution in [-0.2, 0) is 0 Å². The van der Waals surface area contributed by atoms with E-state index in [1.807, 2.05) is 19.0 Å². The summed E-state index contributed by atoms with van der Waals surface area (Å²) in [6.45, 7) is 3.23. The van der Waals surface area contributed by atoms with E-state index in [0.717, 1.165) is 11.7 Å². The summed E-state index contributed by atoms with van der Waals surface area (Å²) in [6.07, 6.45) is 5.15. The van der Waals surface area contributed by atoms with Gasteiger partial charge in [-0.05, 0) is 18.6 Å². The van der Waals surface area contributed by atoms with Gasteiger partial charge >= 0.3 is 0 Å². The van der Waals surface area contributed by atoms with Crippen LogP contribution in [0.15, 0.2) is 0 Å². The molecule has 3 heteroatoms. The second-order valence-corrected chi connectivity index (χ2v) is 3.57. The van der Waals surface area contributed by atoms with E-state index in [4.69, 9.17) is 12.2 Å². The third-order valence-corrected chi connectivity index (χ3v) is 2.22. The van der Waals surface area contributed by atoms with Gasteiger partial charge in [-0.15, -0.1) is 0 Å². The van der Waals surface area contributed by atoms with E-state index in [9.17, 15) is 0 Å². The number of hydrogen-bond acceptors (Lipinski definition) is 1. The van der Waals surface area contributed by atoms with E-state index in [2.05, 4.69) is 12.2 Å². The van der Waals surface area contributed by atoms with Crippen molar-refractivity contribution in [3.63, 3.8) is 0 Å². The Balaban J connectivity index is 3.14. The highest BCUT2D eigenvalue weighted by atomic mass is 32.1.